The first kappa shape index (κ1) is 25.1. The van der Waals surface area contributed by atoms with Crippen LogP contribution in [-0.4, -0.2) is 80.6 Å². The molecule has 2 amide bonds. The third-order valence-electron chi connectivity index (χ3n) is 7.04. The molecule has 3 aliphatic rings. The van der Waals surface area contributed by atoms with Gasteiger partial charge in [0.25, 0.3) is 0 Å². The normalized spacial score (nSPS) is 31.0. The van der Waals surface area contributed by atoms with Gasteiger partial charge in [0, 0.05) is 30.5 Å². The maximum absolute atomic E-state index is 14.1. The number of aliphatic hydroxyl groups is 1. The molecule has 3 rings (SSSR count). The number of fused-ring (bicyclic) bond motifs is 1. The molecule has 3 saturated heterocycles. The molecule has 0 aromatic carbocycles. The highest BCUT2D eigenvalue weighted by molar-refractivity contribution is 8.02. The lowest BCUT2D eigenvalue weighted by molar-refractivity contribution is -0.153. The summed E-state index contributed by atoms with van der Waals surface area (Å²) in [4.78, 5) is 44.2. The fourth-order valence-electron chi connectivity index (χ4n) is 5.72. The predicted octanol–water partition coefficient (Wildman–Crippen LogP) is 2.62. The molecule has 180 valence electrons. The number of esters is 1. The number of aliphatic hydroxyl groups excluding tert-OH is 1. The van der Waals surface area contributed by atoms with Crippen LogP contribution in [-0.2, 0) is 19.1 Å². The Hall–Kier alpha value is -1.54. The quantitative estimate of drug-likeness (QED) is 0.303. The Bertz CT molecular complexity index is 751. The number of thioether (sulfide) groups is 1. The minimum atomic E-state index is -0.595. The smallest absolute Gasteiger partial charge is 0.310 e. The van der Waals surface area contributed by atoms with Crippen LogP contribution in [0.2, 0.25) is 0 Å². The second-order valence-corrected chi connectivity index (χ2v) is 11.6. The average Bonchev–Trinajstić information content (AvgIpc) is 3.36. The van der Waals surface area contributed by atoms with Crippen molar-refractivity contribution in [2.45, 2.75) is 81.4 Å². The van der Waals surface area contributed by atoms with Crippen molar-refractivity contribution in [1.82, 2.24) is 9.80 Å². The molecule has 2 bridgehead atoms. The molecule has 1 spiro atoms. The van der Waals surface area contributed by atoms with E-state index in [4.69, 9.17) is 9.84 Å². The van der Waals surface area contributed by atoms with Gasteiger partial charge >= 0.3 is 5.97 Å². The molecular weight excluding hydrogens is 428 g/mol. The number of hydrogen-bond donors (Lipinski definition) is 1. The molecule has 7 nitrogen and oxygen atoms in total. The third-order valence-corrected chi connectivity index (χ3v) is 8.99. The Morgan fingerprint density at radius 1 is 1.34 bits per heavy atom. The van der Waals surface area contributed by atoms with Gasteiger partial charge in [0.1, 0.15) is 6.04 Å². The summed E-state index contributed by atoms with van der Waals surface area (Å²) in [5.74, 6) is -1.46. The molecule has 0 radical (unpaired) electrons. The summed E-state index contributed by atoms with van der Waals surface area (Å²) >= 11 is 1.67. The highest BCUT2D eigenvalue weighted by Gasteiger charge is 2.74. The van der Waals surface area contributed by atoms with Crippen LogP contribution < -0.4 is 0 Å². The van der Waals surface area contributed by atoms with Crippen molar-refractivity contribution in [3.63, 3.8) is 0 Å². The fraction of sp³-hybridized carbons (Fsp3) is 0.792. The van der Waals surface area contributed by atoms with Gasteiger partial charge in [-0.15, -0.1) is 18.3 Å². The molecule has 0 aliphatic carbocycles. The van der Waals surface area contributed by atoms with E-state index in [2.05, 4.69) is 6.58 Å². The lowest BCUT2D eigenvalue weighted by atomic mass is 9.71. The first-order valence-corrected chi connectivity index (χ1v) is 12.7. The molecule has 32 heavy (non-hydrogen) atoms. The number of nitrogens with zero attached hydrogens (tertiary/aromatic N) is 2. The maximum Gasteiger partial charge on any atom is 0.310 e. The van der Waals surface area contributed by atoms with E-state index >= 15 is 0 Å². The largest absolute Gasteiger partial charge is 0.466 e. The second kappa shape index (κ2) is 9.75. The van der Waals surface area contributed by atoms with Gasteiger partial charge in [0.2, 0.25) is 11.8 Å². The van der Waals surface area contributed by atoms with E-state index in [1.807, 2.05) is 20.8 Å². The van der Waals surface area contributed by atoms with Gasteiger partial charge < -0.3 is 19.6 Å². The summed E-state index contributed by atoms with van der Waals surface area (Å²) in [7, 11) is 0. The lowest BCUT2D eigenvalue weighted by Crippen LogP contribution is -2.58. The van der Waals surface area contributed by atoms with Crippen molar-refractivity contribution in [2.24, 2.45) is 11.8 Å². The molecule has 5 atom stereocenters. The zero-order chi connectivity index (χ0) is 23.7. The number of unbranched alkanes of at least 4 members (excludes halogenated alkanes) is 2. The predicted molar refractivity (Wildman–Crippen MR) is 125 cm³/mol. The molecule has 8 heteroatoms. The summed E-state index contributed by atoms with van der Waals surface area (Å²) in [5.41, 5.74) is -0.423. The van der Waals surface area contributed by atoms with Gasteiger partial charge in [-0.3, -0.25) is 14.4 Å². The minimum absolute atomic E-state index is 0.0253. The fourth-order valence-corrected chi connectivity index (χ4v) is 7.92. The second-order valence-electron chi connectivity index (χ2n) is 10.0. The van der Waals surface area contributed by atoms with Crippen molar-refractivity contribution < 1.29 is 24.2 Å². The van der Waals surface area contributed by atoms with Crippen LogP contribution >= 0.6 is 11.8 Å². The van der Waals surface area contributed by atoms with E-state index in [-0.39, 0.29) is 36.2 Å². The molecule has 3 heterocycles. The first-order chi connectivity index (χ1) is 15.1. The lowest BCUT2D eigenvalue weighted by Gasteiger charge is -2.42. The monoisotopic (exact) mass is 466 g/mol. The summed E-state index contributed by atoms with van der Waals surface area (Å²) in [6.45, 7) is 12.8. The summed E-state index contributed by atoms with van der Waals surface area (Å²) in [6.07, 6.45) is 5.46. The molecule has 0 aromatic rings. The molecule has 0 saturated carbocycles. The molecule has 0 aromatic heterocycles. The van der Waals surface area contributed by atoms with Gasteiger partial charge in [-0.2, -0.15) is 0 Å². The van der Waals surface area contributed by atoms with Crippen LogP contribution in [0.1, 0.15) is 59.8 Å². The number of carbonyl (C=O) groups excluding carboxylic acids is 3. The Kier molecular flexibility index (Phi) is 7.65. The van der Waals surface area contributed by atoms with E-state index < -0.39 is 28.2 Å². The number of carbonyl (C=O) groups is 3. The number of amides is 2. The van der Waals surface area contributed by atoms with Gasteiger partial charge in [0.05, 0.1) is 23.2 Å². The molecular formula is C24H38N2O5S. The van der Waals surface area contributed by atoms with Crippen LogP contribution in [0.25, 0.3) is 0 Å². The molecule has 2 unspecified atom stereocenters. The summed E-state index contributed by atoms with van der Waals surface area (Å²) in [5, 5.41) is 9.15. The molecule has 3 aliphatic heterocycles. The number of rotatable bonds is 10. The topological polar surface area (TPSA) is 87.2 Å². The number of likely N-dealkylation sites (tertiary alicyclic amines) is 1. The zero-order valence-electron chi connectivity index (χ0n) is 19.8. The van der Waals surface area contributed by atoms with Crippen molar-refractivity contribution in [1.29, 1.82) is 0 Å². The summed E-state index contributed by atoms with van der Waals surface area (Å²) < 4.78 is 4.77. The number of ether oxygens (including phenoxy) is 1. The Labute approximate surface area is 195 Å². The zero-order valence-corrected chi connectivity index (χ0v) is 20.7. The van der Waals surface area contributed by atoms with Crippen LogP contribution in [0.15, 0.2) is 12.7 Å². The van der Waals surface area contributed by atoms with E-state index in [1.165, 1.54) is 0 Å². The Morgan fingerprint density at radius 3 is 2.66 bits per heavy atom. The standard InChI is InChI=1S/C24H38N2O5S/c1-6-13-26(23(3,4)5)21(29)19-24-12-11-16(32-24)17(22(30)31-7-2)18(24)20(28)25(19)14-9-8-10-15-27/h6,16-19,27H,1,7-15H2,2-5H3/t16-,17+,18-,19?,24?/m0/s1. The van der Waals surface area contributed by atoms with E-state index in [1.54, 1.807) is 34.6 Å². The van der Waals surface area contributed by atoms with Gasteiger partial charge in [0.15, 0.2) is 0 Å². The highest BCUT2D eigenvalue weighted by atomic mass is 32.2. The Morgan fingerprint density at radius 2 is 2.06 bits per heavy atom. The van der Waals surface area contributed by atoms with E-state index in [0.29, 0.717) is 25.9 Å². The van der Waals surface area contributed by atoms with Crippen molar-refractivity contribution in [3.8, 4) is 0 Å². The van der Waals surface area contributed by atoms with E-state index in [0.717, 1.165) is 19.3 Å². The van der Waals surface area contributed by atoms with Crippen LogP contribution in [0.5, 0.6) is 0 Å². The molecule has 3 fully saturated rings. The van der Waals surface area contributed by atoms with Gasteiger partial charge in [-0.05, 0) is 59.8 Å². The minimum Gasteiger partial charge on any atom is -0.466 e. The van der Waals surface area contributed by atoms with Gasteiger partial charge in [-0.25, -0.2) is 0 Å². The van der Waals surface area contributed by atoms with Crippen LogP contribution in [0.3, 0.4) is 0 Å². The maximum atomic E-state index is 14.1. The number of hydrogen-bond acceptors (Lipinski definition) is 6. The Balaban J connectivity index is 1.99. The molecule has 1 N–H and O–H groups in total. The van der Waals surface area contributed by atoms with Crippen molar-refractivity contribution in [2.75, 3.05) is 26.3 Å². The van der Waals surface area contributed by atoms with Crippen LogP contribution in [0, 0.1) is 11.8 Å². The van der Waals surface area contributed by atoms with Crippen molar-refractivity contribution in [3.05, 3.63) is 12.7 Å². The summed E-state index contributed by atoms with van der Waals surface area (Å²) in [6, 6.07) is -0.595. The first-order valence-electron chi connectivity index (χ1n) is 11.8. The SMILES string of the molecule is C=CCN(C(=O)C1N(CCCCCO)C(=O)[C@@H]2[C@H](C(=O)OCC)[C@@H]3CCC12S3)C(C)(C)C. The van der Waals surface area contributed by atoms with Gasteiger partial charge in [-0.1, -0.05) is 6.08 Å². The van der Waals surface area contributed by atoms with Crippen LogP contribution in [0.4, 0.5) is 0 Å². The third kappa shape index (κ3) is 4.20. The highest BCUT2D eigenvalue weighted by Crippen LogP contribution is 2.66. The van der Waals surface area contributed by atoms with E-state index in [9.17, 15) is 14.4 Å². The average molecular weight is 467 g/mol. The van der Waals surface area contributed by atoms with Crippen molar-refractivity contribution >= 4 is 29.5 Å².